The second-order valence-corrected chi connectivity index (χ2v) is 11.3. The molecule has 0 saturated carbocycles. The van der Waals surface area contributed by atoms with E-state index in [4.69, 9.17) is 4.74 Å². The maximum absolute atomic E-state index is 9.60. The second-order valence-electron chi connectivity index (χ2n) is 11.3. The van der Waals surface area contributed by atoms with E-state index in [9.17, 15) is 10.5 Å². The number of hydrogen-bond donors (Lipinski definition) is 0. The third-order valence-corrected chi connectivity index (χ3v) is 8.69. The molecule has 4 heterocycles. The molecule has 3 aliphatic heterocycles. The van der Waals surface area contributed by atoms with Crippen LogP contribution in [0.2, 0.25) is 0 Å². The van der Waals surface area contributed by atoms with Crippen LogP contribution in [0.25, 0.3) is 34.0 Å². The first-order valence-corrected chi connectivity index (χ1v) is 15.1. The molecule has 7 rings (SSSR count). The summed E-state index contributed by atoms with van der Waals surface area (Å²) in [6.07, 6.45) is 16.1. The number of hydrogen-bond acceptors (Lipinski definition) is 4. The fourth-order valence-corrected chi connectivity index (χ4v) is 6.80. The number of nitrogens with zero attached hydrogens (tertiary/aromatic N) is 4. The lowest BCUT2D eigenvalue weighted by molar-refractivity contribution is 0.332. The summed E-state index contributed by atoms with van der Waals surface area (Å²) in [5.74, 6) is 1.17. The summed E-state index contributed by atoms with van der Waals surface area (Å²) in [5, 5.41) is 21.7. The zero-order valence-electron chi connectivity index (χ0n) is 24.3. The van der Waals surface area contributed by atoms with Gasteiger partial charge in [0.1, 0.15) is 29.2 Å². The molecule has 5 heteroatoms. The van der Waals surface area contributed by atoms with E-state index in [1.807, 2.05) is 30.4 Å². The lowest BCUT2D eigenvalue weighted by Gasteiger charge is -2.37. The van der Waals surface area contributed by atoms with Crippen molar-refractivity contribution in [3.8, 4) is 12.1 Å². The van der Waals surface area contributed by atoms with E-state index in [2.05, 4.69) is 77.1 Å². The molecule has 0 fully saturated rings. The van der Waals surface area contributed by atoms with Gasteiger partial charge in [-0.25, -0.2) is 0 Å². The third-order valence-electron chi connectivity index (χ3n) is 8.69. The standard InChI is InChI=1S/C38H32N4O/c1-2-42-36-10-4-3-9-34(36)35-21-26(13-16-37(35)42)11-14-32-22-30(31(24-39)25-40)23-33(43-32)15-12-27-19-28-7-5-17-41-18-6-8-29(20-27)38(28)41/h3-4,9-16,19-23H,2,5-8,17-18H2,1H3/b14-11+,15-12+. The first-order valence-electron chi connectivity index (χ1n) is 15.1. The predicted octanol–water partition coefficient (Wildman–Crippen LogP) is 8.38. The largest absolute Gasteiger partial charge is 0.457 e. The topological polar surface area (TPSA) is 65.0 Å². The molecule has 43 heavy (non-hydrogen) atoms. The molecule has 0 radical (unpaired) electrons. The number of aryl methyl sites for hydroxylation is 3. The molecular formula is C38H32N4O. The average molecular weight is 561 g/mol. The Balaban J connectivity index is 1.19. The summed E-state index contributed by atoms with van der Waals surface area (Å²) in [6.45, 7) is 5.39. The summed E-state index contributed by atoms with van der Waals surface area (Å²) in [7, 11) is 0. The number of rotatable bonds is 5. The molecule has 0 unspecified atom stereocenters. The van der Waals surface area contributed by atoms with Gasteiger partial charge in [0.2, 0.25) is 0 Å². The van der Waals surface area contributed by atoms with Crippen LogP contribution in [0.15, 0.2) is 102 Å². The zero-order chi connectivity index (χ0) is 29.3. The highest BCUT2D eigenvalue weighted by Crippen LogP contribution is 2.37. The molecule has 210 valence electrons. The highest BCUT2D eigenvalue weighted by Gasteiger charge is 2.24. The molecule has 0 aliphatic carbocycles. The molecule has 0 bridgehead atoms. The van der Waals surface area contributed by atoms with E-state index in [1.165, 1.54) is 51.5 Å². The molecule has 3 aliphatic rings. The Morgan fingerprint density at radius 1 is 0.791 bits per heavy atom. The van der Waals surface area contributed by atoms with Gasteiger partial charge < -0.3 is 14.2 Å². The van der Waals surface area contributed by atoms with E-state index >= 15 is 0 Å². The van der Waals surface area contributed by atoms with E-state index in [0.29, 0.717) is 17.1 Å². The van der Waals surface area contributed by atoms with Gasteiger partial charge in [-0.3, -0.25) is 0 Å². The number of allylic oxidation sites excluding steroid dienone is 6. The summed E-state index contributed by atoms with van der Waals surface area (Å²) in [5.41, 5.74) is 9.57. The quantitative estimate of drug-likeness (QED) is 0.230. The summed E-state index contributed by atoms with van der Waals surface area (Å²) >= 11 is 0. The van der Waals surface area contributed by atoms with Crippen molar-refractivity contribution in [3.05, 3.63) is 124 Å². The van der Waals surface area contributed by atoms with E-state index in [1.54, 1.807) is 12.2 Å². The Bertz CT molecular complexity index is 1970. The Labute approximate surface area is 252 Å². The monoisotopic (exact) mass is 560 g/mol. The molecule has 0 atom stereocenters. The number of anilines is 1. The van der Waals surface area contributed by atoms with Gasteiger partial charge in [0.25, 0.3) is 0 Å². The number of aromatic nitrogens is 1. The van der Waals surface area contributed by atoms with Gasteiger partial charge in [-0.1, -0.05) is 36.4 Å². The smallest absolute Gasteiger partial charge is 0.137 e. The minimum Gasteiger partial charge on any atom is -0.457 e. The van der Waals surface area contributed by atoms with Crippen LogP contribution >= 0.6 is 0 Å². The molecule has 0 N–H and O–H groups in total. The SMILES string of the molecule is CCn1c2ccccc2c2cc(/C=C/C3=CC(=C(C#N)C#N)C=C(/C=C/c4cc5c6c(c4)CCCN6CCC5)O3)ccc21. The van der Waals surface area contributed by atoms with Crippen LogP contribution < -0.4 is 4.90 Å². The number of fused-ring (bicyclic) bond motifs is 3. The van der Waals surface area contributed by atoms with Crippen LogP contribution in [-0.2, 0) is 24.1 Å². The number of benzene rings is 3. The predicted molar refractivity (Wildman–Crippen MR) is 174 cm³/mol. The van der Waals surface area contributed by atoms with Crippen molar-refractivity contribution in [2.24, 2.45) is 0 Å². The first-order chi connectivity index (χ1) is 21.1. The van der Waals surface area contributed by atoms with Crippen LogP contribution in [0.1, 0.15) is 42.0 Å². The number of nitriles is 2. The molecule has 0 saturated heterocycles. The fraction of sp³-hybridized carbons (Fsp3) is 0.211. The van der Waals surface area contributed by atoms with Gasteiger partial charge in [-0.15, -0.1) is 0 Å². The van der Waals surface area contributed by atoms with Crippen molar-refractivity contribution in [1.29, 1.82) is 10.5 Å². The van der Waals surface area contributed by atoms with Crippen molar-refractivity contribution >= 4 is 39.6 Å². The molecule has 3 aromatic carbocycles. The lowest BCUT2D eigenvalue weighted by Crippen LogP contribution is -2.34. The van der Waals surface area contributed by atoms with Crippen LogP contribution in [0.5, 0.6) is 0 Å². The zero-order valence-corrected chi connectivity index (χ0v) is 24.3. The van der Waals surface area contributed by atoms with Crippen LogP contribution in [-0.4, -0.2) is 17.7 Å². The van der Waals surface area contributed by atoms with Gasteiger partial charge in [0.15, 0.2) is 0 Å². The summed E-state index contributed by atoms with van der Waals surface area (Å²) < 4.78 is 8.60. The Morgan fingerprint density at radius 2 is 1.44 bits per heavy atom. The van der Waals surface area contributed by atoms with Gasteiger partial charge in [-0.05, 0) is 109 Å². The minimum absolute atomic E-state index is 0.0622. The van der Waals surface area contributed by atoms with E-state index < -0.39 is 0 Å². The Kier molecular flexibility index (Phi) is 6.93. The Hall–Kier alpha value is -5.26. The first kappa shape index (κ1) is 26.6. The van der Waals surface area contributed by atoms with Crippen LogP contribution in [0, 0.1) is 22.7 Å². The molecule has 4 aromatic rings. The van der Waals surface area contributed by atoms with Gasteiger partial charge >= 0.3 is 0 Å². The molecule has 0 spiro atoms. The maximum atomic E-state index is 9.60. The van der Waals surface area contributed by atoms with Crippen molar-refractivity contribution in [3.63, 3.8) is 0 Å². The number of ether oxygens (including phenoxy) is 1. The van der Waals surface area contributed by atoms with Crippen molar-refractivity contribution in [2.45, 2.75) is 39.2 Å². The van der Waals surface area contributed by atoms with Gasteiger partial charge in [0.05, 0.1) is 0 Å². The van der Waals surface area contributed by atoms with E-state index in [-0.39, 0.29) is 5.57 Å². The second kappa shape index (κ2) is 11.2. The van der Waals surface area contributed by atoms with Crippen molar-refractivity contribution < 1.29 is 4.74 Å². The maximum Gasteiger partial charge on any atom is 0.137 e. The fourth-order valence-electron chi connectivity index (χ4n) is 6.80. The third kappa shape index (κ3) is 4.94. The molecule has 5 nitrogen and oxygen atoms in total. The minimum atomic E-state index is 0.0622. The van der Waals surface area contributed by atoms with E-state index in [0.717, 1.165) is 43.6 Å². The molecule has 0 amide bonds. The number of para-hydroxylation sites is 1. The highest BCUT2D eigenvalue weighted by atomic mass is 16.5. The van der Waals surface area contributed by atoms with Gasteiger partial charge in [0, 0.05) is 52.7 Å². The van der Waals surface area contributed by atoms with Crippen molar-refractivity contribution in [2.75, 3.05) is 18.0 Å². The van der Waals surface area contributed by atoms with Crippen LogP contribution in [0.3, 0.4) is 0 Å². The normalized spacial score (nSPS) is 16.2. The summed E-state index contributed by atoms with van der Waals surface area (Å²) in [6, 6.07) is 23.6. The Morgan fingerprint density at radius 3 is 2.12 bits per heavy atom. The lowest BCUT2D eigenvalue weighted by atomic mass is 9.90. The van der Waals surface area contributed by atoms with Crippen molar-refractivity contribution in [1.82, 2.24) is 4.57 Å². The van der Waals surface area contributed by atoms with Gasteiger partial charge in [-0.2, -0.15) is 10.5 Å². The summed E-state index contributed by atoms with van der Waals surface area (Å²) in [4.78, 5) is 2.54. The highest BCUT2D eigenvalue weighted by molar-refractivity contribution is 6.08. The van der Waals surface area contributed by atoms with Crippen LogP contribution in [0.4, 0.5) is 5.69 Å². The molecular weight excluding hydrogens is 528 g/mol. The molecule has 1 aromatic heterocycles. The average Bonchev–Trinajstić information content (AvgIpc) is 3.36.